The number of hydrogen-bond acceptors (Lipinski definition) is 6. The first-order valence-electron chi connectivity index (χ1n) is 7.25. The molecular weight excluding hydrogens is 262 g/mol. The Kier molecular flexibility index (Phi) is 3.07. The van der Waals surface area contributed by atoms with E-state index < -0.39 is 0 Å². The van der Waals surface area contributed by atoms with Crippen LogP contribution in [0.3, 0.4) is 0 Å². The van der Waals surface area contributed by atoms with Crippen LogP contribution < -0.4 is 14.8 Å². The minimum atomic E-state index is 0.259. The Morgan fingerprint density at radius 2 is 2.05 bits per heavy atom. The second kappa shape index (κ2) is 4.90. The minimum Gasteiger partial charge on any atom is -0.473 e. The van der Waals surface area contributed by atoms with Gasteiger partial charge in [0.1, 0.15) is 6.10 Å². The lowest BCUT2D eigenvalue weighted by molar-refractivity contribution is 0.159. The Hall–Kier alpha value is -0.880. The first kappa shape index (κ1) is 11.9. The summed E-state index contributed by atoms with van der Waals surface area (Å²) in [7, 11) is 0. The van der Waals surface area contributed by atoms with Gasteiger partial charge in [-0.3, -0.25) is 0 Å². The highest BCUT2D eigenvalue weighted by atomic mass is 32.1. The molecule has 6 heteroatoms. The summed E-state index contributed by atoms with van der Waals surface area (Å²) in [5.74, 6) is 2.71. The molecule has 2 saturated carbocycles. The molecule has 0 radical (unpaired) electrons. The highest BCUT2D eigenvalue weighted by Crippen LogP contribution is 2.37. The fraction of sp³-hybridized carbons (Fsp3) is 0.846. The van der Waals surface area contributed by atoms with Crippen LogP contribution in [0.15, 0.2) is 0 Å². The summed E-state index contributed by atoms with van der Waals surface area (Å²) >= 11 is 1.18. The molecule has 1 aromatic rings. The predicted molar refractivity (Wildman–Crippen MR) is 71.7 cm³/mol. The van der Waals surface area contributed by atoms with Gasteiger partial charge in [0, 0.05) is 18.5 Å². The van der Waals surface area contributed by atoms with Crippen molar-refractivity contribution in [3.8, 4) is 11.8 Å². The van der Waals surface area contributed by atoms with E-state index in [0.29, 0.717) is 23.7 Å². The summed E-state index contributed by atoms with van der Waals surface area (Å²) in [5.41, 5.74) is 0. The zero-order valence-electron chi connectivity index (χ0n) is 10.9. The molecule has 0 spiro atoms. The molecule has 3 aliphatic rings. The van der Waals surface area contributed by atoms with Gasteiger partial charge < -0.3 is 14.8 Å². The van der Waals surface area contributed by atoms with E-state index in [4.69, 9.17) is 9.47 Å². The van der Waals surface area contributed by atoms with Gasteiger partial charge >= 0.3 is 0 Å². The maximum atomic E-state index is 6.06. The highest BCUT2D eigenvalue weighted by molar-refractivity contribution is 6.99. The van der Waals surface area contributed by atoms with Crippen LogP contribution in [0.25, 0.3) is 0 Å². The molecule has 2 aliphatic carbocycles. The van der Waals surface area contributed by atoms with E-state index in [9.17, 15) is 0 Å². The minimum absolute atomic E-state index is 0.259. The second-order valence-electron chi connectivity index (χ2n) is 5.89. The average Bonchev–Trinajstić information content (AvgIpc) is 2.88. The van der Waals surface area contributed by atoms with Gasteiger partial charge in [-0.1, -0.05) is 12.8 Å². The Balaban J connectivity index is 1.36. The van der Waals surface area contributed by atoms with Crippen LogP contribution in [-0.2, 0) is 0 Å². The van der Waals surface area contributed by atoms with E-state index in [2.05, 4.69) is 14.1 Å². The van der Waals surface area contributed by atoms with Crippen LogP contribution in [0.4, 0.5) is 0 Å². The summed E-state index contributed by atoms with van der Waals surface area (Å²) in [4.78, 5) is 0. The molecule has 104 valence electrons. The zero-order chi connectivity index (χ0) is 12.7. The van der Waals surface area contributed by atoms with Crippen LogP contribution in [0.1, 0.15) is 32.1 Å². The van der Waals surface area contributed by atoms with Gasteiger partial charge in [-0.2, -0.15) is 0 Å². The molecule has 3 unspecified atom stereocenters. The van der Waals surface area contributed by atoms with Crippen molar-refractivity contribution in [2.75, 3.05) is 13.2 Å². The Labute approximate surface area is 117 Å². The molecule has 4 rings (SSSR count). The number of nitrogens with zero attached hydrogens (tertiary/aromatic N) is 2. The van der Waals surface area contributed by atoms with Gasteiger partial charge in [-0.15, -0.1) is 8.75 Å². The second-order valence-corrected chi connectivity index (χ2v) is 6.42. The molecule has 2 heterocycles. The van der Waals surface area contributed by atoms with E-state index in [1.165, 1.54) is 37.4 Å². The quantitative estimate of drug-likeness (QED) is 0.862. The zero-order valence-corrected chi connectivity index (χ0v) is 11.7. The monoisotopic (exact) mass is 281 g/mol. The van der Waals surface area contributed by atoms with E-state index >= 15 is 0 Å². The first-order valence-corrected chi connectivity index (χ1v) is 7.98. The smallest absolute Gasteiger partial charge is 0.291 e. The molecule has 3 fully saturated rings. The lowest BCUT2D eigenvalue weighted by Crippen LogP contribution is -2.31. The van der Waals surface area contributed by atoms with E-state index in [0.717, 1.165) is 25.5 Å². The van der Waals surface area contributed by atoms with Gasteiger partial charge in [0.25, 0.3) is 11.8 Å². The third kappa shape index (κ3) is 2.43. The van der Waals surface area contributed by atoms with Crippen molar-refractivity contribution in [2.24, 2.45) is 11.8 Å². The SMILES string of the molecule is C(CC1CC1)Oc1nsnc1OC1C2CCC1NC2. The normalized spacial score (nSPS) is 32.7. The Morgan fingerprint density at radius 3 is 2.74 bits per heavy atom. The molecular formula is C13H19N3O2S. The van der Waals surface area contributed by atoms with Gasteiger partial charge in [0.05, 0.1) is 18.3 Å². The maximum absolute atomic E-state index is 6.06. The highest BCUT2D eigenvalue weighted by Gasteiger charge is 2.44. The van der Waals surface area contributed by atoms with Gasteiger partial charge in [0.15, 0.2) is 0 Å². The van der Waals surface area contributed by atoms with Crippen molar-refractivity contribution < 1.29 is 9.47 Å². The third-order valence-corrected chi connectivity index (χ3v) is 4.99. The third-order valence-electron chi connectivity index (χ3n) is 4.49. The van der Waals surface area contributed by atoms with E-state index in [-0.39, 0.29) is 6.10 Å². The number of aromatic nitrogens is 2. The van der Waals surface area contributed by atoms with Crippen molar-refractivity contribution in [3.05, 3.63) is 0 Å². The standard InChI is InChI=1S/C13H19N3O2S/c1-2-8(1)5-6-17-12-13(16-19-15-12)18-11-9-3-4-10(11)14-7-9/h8-11,14H,1-7H2. The molecule has 2 bridgehead atoms. The number of ether oxygens (including phenoxy) is 2. The van der Waals surface area contributed by atoms with Crippen molar-refractivity contribution in [3.63, 3.8) is 0 Å². The van der Waals surface area contributed by atoms with Crippen LogP contribution >= 0.6 is 11.7 Å². The predicted octanol–water partition coefficient (Wildman–Crippen LogP) is 1.85. The first-order chi connectivity index (χ1) is 9.40. The molecule has 19 heavy (non-hydrogen) atoms. The fourth-order valence-electron chi connectivity index (χ4n) is 3.16. The van der Waals surface area contributed by atoms with E-state index in [1.54, 1.807) is 0 Å². The summed E-state index contributed by atoms with van der Waals surface area (Å²) in [6.07, 6.45) is 6.59. The molecule has 1 N–H and O–H groups in total. The lowest BCUT2D eigenvalue weighted by atomic mass is 10.1. The number of piperidine rings is 1. The largest absolute Gasteiger partial charge is 0.473 e. The lowest BCUT2D eigenvalue weighted by Gasteiger charge is -2.16. The molecule has 1 saturated heterocycles. The summed E-state index contributed by atoms with van der Waals surface area (Å²) in [6, 6.07) is 0.492. The average molecular weight is 281 g/mol. The number of rotatable bonds is 6. The van der Waals surface area contributed by atoms with Crippen molar-refractivity contribution >= 4 is 11.7 Å². The van der Waals surface area contributed by atoms with Gasteiger partial charge in [0.2, 0.25) is 0 Å². The number of fused-ring (bicyclic) bond motifs is 2. The van der Waals surface area contributed by atoms with E-state index in [1.807, 2.05) is 0 Å². The molecule has 5 nitrogen and oxygen atoms in total. The molecule has 0 aromatic carbocycles. The fourth-order valence-corrected chi connectivity index (χ4v) is 3.60. The molecule has 0 amide bonds. The number of hydrogen-bond donors (Lipinski definition) is 1. The molecule has 1 aliphatic heterocycles. The summed E-state index contributed by atoms with van der Waals surface area (Å²) in [6.45, 7) is 1.81. The van der Waals surface area contributed by atoms with Crippen molar-refractivity contribution in [1.29, 1.82) is 0 Å². The van der Waals surface area contributed by atoms with Crippen LogP contribution in [0, 0.1) is 11.8 Å². The molecule has 3 atom stereocenters. The topological polar surface area (TPSA) is 56.3 Å². The van der Waals surface area contributed by atoms with Gasteiger partial charge in [-0.05, 0) is 25.2 Å². The van der Waals surface area contributed by atoms with Crippen molar-refractivity contribution in [1.82, 2.24) is 14.1 Å². The van der Waals surface area contributed by atoms with Crippen LogP contribution in [0.5, 0.6) is 11.8 Å². The van der Waals surface area contributed by atoms with Gasteiger partial charge in [-0.25, -0.2) is 0 Å². The summed E-state index contributed by atoms with van der Waals surface area (Å²) in [5, 5.41) is 3.49. The maximum Gasteiger partial charge on any atom is 0.291 e. The Bertz CT molecular complexity index is 429. The number of nitrogens with one attached hydrogen (secondary N) is 1. The summed E-state index contributed by atoms with van der Waals surface area (Å²) < 4.78 is 20.2. The Morgan fingerprint density at radius 1 is 1.16 bits per heavy atom. The van der Waals surface area contributed by atoms with Crippen LogP contribution in [0.2, 0.25) is 0 Å². The molecule has 1 aromatic heterocycles. The van der Waals surface area contributed by atoms with Crippen molar-refractivity contribution in [2.45, 2.75) is 44.2 Å². The van der Waals surface area contributed by atoms with Crippen LogP contribution in [-0.4, -0.2) is 34.0 Å².